The van der Waals surface area contributed by atoms with Gasteiger partial charge in [-0.3, -0.25) is 4.79 Å². The maximum atomic E-state index is 12.5. The number of benzene rings is 1. The Morgan fingerprint density at radius 2 is 2.05 bits per heavy atom. The zero-order valence-electron chi connectivity index (χ0n) is 11.9. The van der Waals surface area contributed by atoms with Crippen LogP contribution in [-0.2, 0) is 9.53 Å². The molecule has 1 atom stereocenters. The minimum atomic E-state index is -0.167. The molecular weight excluding hydrogens is 318 g/mol. The van der Waals surface area contributed by atoms with E-state index in [2.05, 4.69) is 10.7 Å². The topological polar surface area (TPSA) is 38.3 Å². The molecule has 3 rings (SSSR count). The van der Waals surface area contributed by atoms with Crippen molar-refractivity contribution in [2.24, 2.45) is 0 Å². The smallest absolute Gasteiger partial charge is 0.247 e. The van der Waals surface area contributed by atoms with Crippen LogP contribution in [0.15, 0.2) is 52.7 Å². The van der Waals surface area contributed by atoms with Gasteiger partial charge < -0.3 is 10.1 Å². The van der Waals surface area contributed by atoms with Crippen molar-refractivity contribution in [3.8, 4) is 0 Å². The summed E-state index contributed by atoms with van der Waals surface area (Å²) < 4.78 is 5.26. The van der Waals surface area contributed by atoms with E-state index < -0.39 is 0 Å². The fraction of sp³-hybridized carbons (Fsp3) is 0.235. The third-order valence-corrected chi connectivity index (χ3v) is 4.56. The molecular formula is C17H16ClNO2S. The second-order valence-electron chi connectivity index (χ2n) is 5.07. The average Bonchev–Trinajstić information content (AvgIpc) is 3.08. The van der Waals surface area contributed by atoms with Gasteiger partial charge in [0.05, 0.1) is 19.3 Å². The van der Waals surface area contributed by atoms with Gasteiger partial charge in [-0.05, 0) is 40.1 Å². The lowest BCUT2D eigenvalue weighted by atomic mass is 10.0. The van der Waals surface area contributed by atoms with Crippen molar-refractivity contribution in [2.45, 2.75) is 12.5 Å². The molecule has 0 saturated heterocycles. The van der Waals surface area contributed by atoms with E-state index in [0.29, 0.717) is 24.7 Å². The van der Waals surface area contributed by atoms with Crippen LogP contribution in [0.4, 0.5) is 0 Å². The van der Waals surface area contributed by atoms with Crippen LogP contribution in [-0.4, -0.2) is 19.1 Å². The van der Waals surface area contributed by atoms with Gasteiger partial charge in [-0.15, -0.1) is 0 Å². The zero-order valence-corrected chi connectivity index (χ0v) is 13.5. The van der Waals surface area contributed by atoms with Crippen molar-refractivity contribution in [1.82, 2.24) is 5.32 Å². The number of nitrogens with one attached hydrogen (secondary N) is 1. The molecule has 114 valence electrons. The average molecular weight is 334 g/mol. The zero-order chi connectivity index (χ0) is 15.4. The highest BCUT2D eigenvalue weighted by Crippen LogP contribution is 2.26. The van der Waals surface area contributed by atoms with E-state index in [9.17, 15) is 4.79 Å². The van der Waals surface area contributed by atoms with Gasteiger partial charge in [-0.1, -0.05) is 29.8 Å². The number of carbonyl (C=O) groups excluding carboxylic acids is 1. The van der Waals surface area contributed by atoms with E-state index in [1.54, 1.807) is 11.3 Å². The maximum Gasteiger partial charge on any atom is 0.247 e. The van der Waals surface area contributed by atoms with Crippen LogP contribution >= 0.6 is 22.9 Å². The van der Waals surface area contributed by atoms with Crippen LogP contribution in [0.2, 0.25) is 5.02 Å². The largest absolute Gasteiger partial charge is 0.377 e. The van der Waals surface area contributed by atoms with Gasteiger partial charge in [0, 0.05) is 17.0 Å². The minimum absolute atomic E-state index is 0.0329. The van der Waals surface area contributed by atoms with Crippen molar-refractivity contribution in [2.75, 3.05) is 13.2 Å². The summed E-state index contributed by atoms with van der Waals surface area (Å²) in [7, 11) is 0. The van der Waals surface area contributed by atoms with Gasteiger partial charge in [-0.2, -0.15) is 11.3 Å². The molecule has 0 radical (unpaired) electrons. The fourth-order valence-electron chi connectivity index (χ4n) is 2.41. The fourth-order valence-corrected chi connectivity index (χ4v) is 3.22. The van der Waals surface area contributed by atoms with E-state index in [1.807, 2.05) is 41.8 Å². The van der Waals surface area contributed by atoms with E-state index in [1.165, 1.54) is 0 Å². The molecule has 0 saturated carbocycles. The molecule has 0 fully saturated rings. The van der Waals surface area contributed by atoms with Crippen molar-refractivity contribution >= 4 is 28.8 Å². The summed E-state index contributed by atoms with van der Waals surface area (Å²) >= 11 is 7.58. The highest BCUT2D eigenvalue weighted by molar-refractivity contribution is 7.08. The van der Waals surface area contributed by atoms with E-state index in [4.69, 9.17) is 16.3 Å². The summed E-state index contributed by atoms with van der Waals surface area (Å²) in [4.78, 5) is 12.5. The second-order valence-corrected chi connectivity index (χ2v) is 6.29. The molecule has 5 heteroatoms. The first-order valence-electron chi connectivity index (χ1n) is 7.09. The Bertz CT molecular complexity index is 664. The van der Waals surface area contributed by atoms with Gasteiger partial charge >= 0.3 is 0 Å². The third-order valence-electron chi connectivity index (χ3n) is 3.61. The van der Waals surface area contributed by atoms with Gasteiger partial charge in [-0.25, -0.2) is 0 Å². The molecule has 1 aliphatic heterocycles. The molecule has 1 N–H and O–H groups in total. The summed E-state index contributed by atoms with van der Waals surface area (Å²) in [6, 6.07) is 9.45. The Morgan fingerprint density at radius 3 is 2.68 bits per heavy atom. The van der Waals surface area contributed by atoms with Gasteiger partial charge in [0.2, 0.25) is 5.91 Å². The lowest BCUT2D eigenvalue weighted by Gasteiger charge is -2.21. The van der Waals surface area contributed by atoms with Crippen molar-refractivity contribution in [3.05, 3.63) is 68.9 Å². The molecule has 0 spiro atoms. The third kappa shape index (κ3) is 3.58. The van der Waals surface area contributed by atoms with Gasteiger partial charge in [0.1, 0.15) is 0 Å². The van der Waals surface area contributed by atoms with Gasteiger partial charge in [0.15, 0.2) is 0 Å². The molecule has 1 aliphatic rings. The van der Waals surface area contributed by atoms with Crippen molar-refractivity contribution in [1.29, 1.82) is 0 Å². The first-order valence-corrected chi connectivity index (χ1v) is 8.41. The highest BCUT2D eigenvalue weighted by Gasteiger charge is 2.20. The Labute approximate surface area is 138 Å². The van der Waals surface area contributed by atoms with Crippen LogP contribution in [0.25, 0.3) is 0 Å². The first kappa shape index (κ1) is 15.3. The van der Waals surface area contributed by atoms with E-state index in [-0.39, 0.29) is 11.9 Å². The van der Waals surface area contributed by atoms with Crippen LogP contribution < -0.4 is 5.32 Å². The molecule has 22 heavy (non-hydrogen) atoms. The molecule has 0 unspecified atom stereocenters. The van der Waals surface area contributed by atoms with Crippen molar-refractivity contribution in [3.63, 3.8) is 0 Å². The summed E-state index contributed by atoms with van der Waals surface area (Å²) in [6.07, 6.45) is 2.51. The normalized spacial score (nSPS) is 16.0. The lowest BCUT2D eigenvalue weighted by Crippen LogP contribution is -2.31. The molecule has 0 aliphatic carbocycles. The minimum Gasteiger partial charge on any atom is -0.377 e. The summed E-state index contributed by atoms with van der Waals surface area (Å²) in [5.41, 5.74) is 2.89. The Kier molecular flexibility index (Phi) is 4.93. The van der Waals surface area contributed by atoms with E-state index >= 15 is 0 Å². The lowest BCUT2D eigenvalue weighted by molar-refractivity contribution is -0.118. The van der Waals surface area contributed by atoms with E-state index in [0.717, 1.165) is 16.7 Å². The number of hydrogen-bond acceptors (Lipinski definition) is 3. The Hall–Kier alpha value is -1.62. The number of amides is 1. The molecule has 2 heterocycles. The molecule has 0 bridgehead atoms. The first-order chi connectivity index (χ1) is 10.7. The Balaban J connectivity index is 1.84. The maximum absolute atomic E-state index is 12.5. The van der Waals surface area contributed by atoms with Crippen LogP contribution in [0.1, 0.15) is 23.6 Å². The SMILES string of the molecule is O=C(N[C@@H](c1ccc(Cl)cc1)c1ccsc1)C1=CCOCC1. The number of hydrogen-bond donors (Lipinski definition) is 1. The van der Waals surface area contributed by atoms with Crippen LogP contribution in [0.5, 0.6) is 0 Å². The quantitative estimate of drug-likeness (QED) is 0.920. The van der Waals surface area contributed by atoms with Crippen LogP contribution in [0.3, 0.4) is 0 Å². The number of thiophene rings is 1. The number of ether oxygens (including phenoxy) is 1. The summed E-state index contributed by atoms with van der Waals surface area (Å²) in [6.45, 7) is 1.11. The van der Waals surface area contributed by atoms with Gasteiger partial charge in [0.25, 0.3) is 0 Å². The molecule has 2 aromatic rings. The molecule has 1 aromatic heterocycles. The predicted molar refractivity (Wildman–Crippen MR) is 89.3 cm³/mol. The number of halogens is 1. The van der Waals surface area contributed by atoms with Crippen molar-refractivity contribution < 1.29 is 9.53 Å². The highest BCUT2D eigenvalue weighted by atomic mass is 35.5. The summed E-state index contributed by atoms with van der Waals surface area (Å²) in [5, 5.41) is 7.88. The molecule has 3 nitrogen and oxygen atoms in total. The summed E-state index contributed by atoms with van der Waals surface area (Å²) in [5.74, 6) is -0.0329. The predicted octanol–water partition coefficient (Wildman–Crippen LogP) is 3.95. The molecule has 1 amide bonds. The monoisotopic (exact) mass is 333 g/mol. The second kappa shape index (κ2) is 7.09. The number of rotatable bonds is 4. The standard InChI is InChI=1S/C17H16ClNO2S/c18-15-3-1-12(2-4-15)16(14-7-10-22-11-14)19-17(20)13-5-8-21-9-6-13/h1-5,7,10-11,16H,6,8-9H2,(H,19,20)/t16-/m0/s1. The van der Waals surface area contributed by atoms with Crippen LogP contribution in [0, 0.1) is 0 Å². The Morgan fingerprint density at radius 1 is 1.23 bits per heavy atom. The number of carbonyl (C=O) groups is 1. The molecule has 1 aromatic carbocycles.